The minimum absolute atomic E-state index is 0.0567. The first kappa shape index (κ1) is 35.9. The minimum atomic E-state index is -0.605. The van der Waals surface area contributed by atoms with Gasteiger partial charge in [0.1, 0.15) is 23.2 Å². The summed E-state index contributed by atoms with van der Waals surface area (Å²) in [6, 6.07) is 15.9. The van der Waals surface area contributed by atoms with Crippen molar-refractivity contribution in [3.05, 3.63) is 86.7 Å². The van der Waals surface area contributed by atoms with Crippen LogP contribution in [0.3, 0.4) is 0 Å². The molecule has 2 aromatic carbocycles. The van der Waals surface area contributed by atoms with E-state index in [0.717, 1.165) is 75.7 Å². The van der Waals surface area contributed by atoms with Gasteiger partial charge in [-0.1, -0.05) is 23.7 Å². The summed E-state index contributed by atoms with van der Waals surface area (Å²) in [5.74, 6) is 1.52. The number of hydrogen-bond acceptors (Lipinski definition) is 12. The lowest BCUT2D eigenvalue weighted by atomic mass is 9.95. The molecule has 7 heterocycles. The molecular weight excluding hydrogens is 736 g/mol. The molecule has 9 rings (SSSR count). The van der Waals surface area contributed by atoms with Gasteiger partial charge in [-0.05, 0) is 74.1 Å². The van der Waals surface area contributed by atoms with E-state index in [4.69, 9.17) is 31.5 Å². The number of pyridine rings is 2. The van der Waals surface area contributed by atoms with Crippen LogP contribution in [0.4, 0.5) is 17.3 Å². The zero-order valence-corrected chi connectivity index (χ0v) is 31.7. The molecule has 0 saturated carbocycles. The van der Waals surface area contributed by atoms with Crippen LogP contribution in [-0.4, -0.2) is 89.3 Å². The largest absolute Gasteiger partial charge is 0.454 e. The molecule has 15 heteroatoms. The van der Waals surface area contributed by atoms with Crippen molar-refractivity contribution in [2.24, 2.45) is 5.92 Å². The van der Waals surface area contributed by atoms with Gasteiger partial charge in [0.05, 0.1) is 16.1 Å². The number of nitrogens with two attached hydrogens (primary N) is 1. The number of anilines is 3. The number of piperidine rings is 2. The van der Waals surface area contributed by atoms with Crippen LogP contribution < -0.4 is 31.0 Å². The Morgan fingerprint density at radius 2 is 1.70 bits per heavy atom. The first-order valence-electron chi connectivity index (χ1n) is 19.1. The number of carbonyl (C=O) groups is 3. The summed E-state index contributed by atoms with van der Waals surface area (Å²) in [5, 5.41) is 2.92. The number of piperazine rings is 1. The molecule has 3 aromatic heterocycles. The Morgan fingerprint density at radius 3 is 2.46 bits per heavy atom. The molecule has 5 aromatic rings. The number of rotatable bonds is 7. The van der Waals surface area contributed by atoms with Gasteiger partial charge in [0, 0.05) is 76.1 Å². The zero-order chi connectivity index (χ0) is 38.7. The Hall–Kier alpha value is -5.73. The predicted octanol–water partition coefficient (Wildman–Crippen LogP) is 4.87. The fourth-order valence-corrected chi connectivity index (χ4v) is 8.69. The fourth-order valence-electron chi connectivity index (χ4n) is 8.44. The number of imide groups is 1. The van der Waals surface area contributed by atoms with E-state index >= 15 is 0 Å². The van der Waals surface area contributed by atoms with Crippen molar-refractivity contribution >= 4 is 68.7 Å². The third-order valence-corrected chi connectivity index (χ3v) is 11.9. The Kier molecular flexibility index (Phi) is 9.25. The van der Waals surface area contributed by atoms with Crippen molar-refractivity contribution in [3.8, 4) is 11.5 Å². The van der Waals surface area contributed by atoms with Gasteiger partial charge in [0.25, 0.3) is 5.91 Å². The van der Waals surface area contributed by atoms with Gasteiger partial charge in [0.2, 0.25) is 17.2 Å². The van der Waals surface area contributed by atoms with E-state index in [2.05, 4.69) is 31.1 Å². The molecular formula is C41H41ClN8O6. The Labute approximate surface area is 327 Å². The van der Waals surface area contributed by atoms with Gasteiger partial charge in [-0.15, -0.1) is 0 Å². The highest BCUT2D eigenvalue weighted by atomic mass is 35.5. The average molecular weight is 777 g/mol. The van der Waals surface area contributed by atoms with Crippen LogP contribution in [0.1, 0.15) is 47.3 Å². The molecule has 0 spiro atoms. The van der Waals surface area contributed by atoms with Crippen molar-refractivity contribution in [1.82, 2.24) is 25.1 Å². The summed E-state index contributed by atoms with van der Waals surface area (Å²) in [4.78, 5) is 68.5. The lowest BCUT2D eigenvalue weighted by Crippen LogP contribution is -2.52. The number of carbonyl (C=O) groups excluding carboxylic acids is 3. The molecule has 288 valence electrons. The summed E-state index contributed by atoms with van der Waals surface area (Å²) >= 11 is 6.26. The normalized spacial score (nSPS) is 19.6. The van der Waals surface area contributed by atoms with Gasteiger partial charge >= 0.3 is 0 Å². The Balaban J connectivity index is 0.774. The Morgan fingerprint density at radius 1 is 0.893 bits per heavy atom. The third-order valence-electron chi connectivity index (χ3n) is 11.6. The highest BCUT2D eigenvalue weighted by Crippen LogP contribution is 2.35. The number of benzene rings is 2. The van der Waals surface area contributed by atoms with Gasteiger partial charge < -0.3 is 29.6 Å². The van der Waals surface area contributed by atoms with Crippen LogP contribution in [0.5, 0.6) is 11.5 Å². The van der Waals surface area contributed by atoms with Crippen molar-refractivity contribution in [2.45, 2.75) is 45.2 Å². The smallest absolute Gasteiger partial charge is 0.255 e. The predicted molar refractivity (Wildman–Crippen MR) is 212 cm³/mol. The van der Waals surface area contributed by atoms with Crippen molar-refractivity contribution < 1.29 is 23.5 Å². The average Bonchev–Trinajstić information content (AvgIpc) is 3.51. The quantitative estimate of drug-likeness (QED) is 0.170. The second-order valence-corrected chi connectivity index (χ2v) is 15.5. The SMILES string of the molecule is Cc1nc(N2CCN(CC3CCN(c4ccc5c(c4)C(=O)N(C4CCC(=O)NC4=O)C5)CC3)CC2)ccc1Oc1cc2oc3cccc(Cl)c3c(=O)c2nc1N. The van der Waals surface area contributed by atoms with Crippen LogP contribution in [0.15, 0.2) is 63.8 Å². The molecule has 0 aliphatic carbocycles. The molecule has 3 N–H and O–H groups in total. The van der Waals surface area contributed by atoms with Crippen molar-refractivity contribution in [3.63, 3.8) is 0 Å². The standard InChI is InChI=1S/C41H41ClN8O6/c1-23-30(55-33-20-32-37(46-39(33)43)38(52)36-28(42)3-2-4-31(36)56-32)8-9-34(44-23)49-17-15-47(16-18-49)21-24-11-13-48(14-12-24)26-6-5-25-22-50(41(54)27(25)19-26)29-7-10-35(51)45-40(29)53/h2-6,8-9,19-20,24,29H,7,10-18,21-22H2,1H3,(H2,43,46)(H,45,51,53). The highest BCUT2D eigenvalue weighted by molar-refractivity contribution is 6.35. The highest BCUT2D eigenvalue weighted by Gasteiger charge is 2.39. The number of amides is 3. The molecule has 56 heavy (non-hydrogen) atoms. The number of hydrogen-bond donors (Lipinski definition) is 2. The molecule has 3 saturated heterocycles. The minimum Gasteiger partial charge on any atom is -0.454 e. The van der Waals surface area contributed by atoms with Crippen LogP contribution in [0.2, 0.25) is 5.02 Å². The number of halogens is 1. The summed E-state index contributed by atoms with van der Waals surface area (Å²) in [6.45, 7) is 8.79. The second kappa shape index (κ2) is 14.4. The number of nitrogens with zero attached hydrogens (tertiary/aromatic N) is 6. The molecule has 4 aliphatic heterocycles. The van der Waals surface area contributed by atoms with Crippen LogP contribution in [0.25, 0.3) is 22.1 Å². The molecule has 4 aliphatic rings. The van der Waals surface area contributed by atoms with Crippen molar-refractivity contribution in [2.75, 3.05) is 61.3 Å². The van der Waals surface area contributed by atoms with Gasteiger partial charge in [-0.2, -0.15) is 0 Å². The molecule has 0 radical (unpaired) electrons. The molecule has 3 amide bonds. The molecule has 3 fully saturated rings. The van der Waals surface area contributed by atoms with Crippen molar-refractivity contribution in [1.29, 1.82) is 0 Å². The van der Waals surface area contributed by atoms with E-state index in [1.54, 1.807) is 29.2 Å². The molecule has 0 bridgehead atoms. The second-order valence-electron chi connectivity index (χ2n) is 15.1. The maximum atomic E-state index is 13.3. The molecule has 1 atom stereocenters. The monoisotopic (exact) mass is 776 g/mol. The maximum Gasteiger partial charge on any atom is 0.255 e. The molecule has 14 nitrogen and oxygen atoms in total. The lowest BCUT2D eigenvalue weighted by molar-refractivity contribution is -0.136. The number of nitrogens with one attached hydrogen (secondary N) is 1. The van der Waals surface area contributed by atoms with E-state index in [9.17, 15) is 19.2 Å². The number of fused-ring (bicyclic) bond motifs is 3. The van der Waals surface area contributed by atoms with Crippen LogP contribution >= 0.6 is 11.6 Å². The van der Waals surface area contributed by atoms with Gasteiger partial charge in [0.15, 0.2) is 22.7 Å². The summed E-state index contributed by atoms with van der Waals surface area (Å²) in [7, 11) is 0. The van der Waals surface area contributed by atoms with Gasteiger partial charge in [-0.3, -0.25) is 29.4 Å². The summed E-state index contributed by atoms with van der Waals surface area (Å²) < 4.78 is 12.1. The third kappa shape index (κ3) is 6.66. The number of ether oxygens (including phenoxy) is 1. The van der Waals surface area contributed by atoms with Gasteiger partial charge in [-0.25, -0.2) is 9.97 Å². The van der Waals surface area contributed by atoms with Crippen LogP contribution in [0, 0.1) is 12.8 Å². The first-order valence-corrected chi connectivity index (χ1v) is 19.4. The first-order chi connectivity index (χ1) is 27.1. The number of nitrogen functional groups attached to an aromatic ring is 1. The fraction of sp³-hybridized carbons (Fsp3) is 0.366. The van der Waals surface area contributed by atoms with Crippen LogP contribution in [-0.2, 0) is 16.1 Å². The molecule has 1 unspecified atom stereocenters. The summed E-state index contributed by atoms with van der Waals surface area (Å²) in [6.07, 6.45) is 2.76. The number of aryl methyl sites for hydroxylation is 1. The summed E-state index contributed by atoms with van der Waals surface area (Å²) in [5.41, 5.74) is 9.89. The van der Waals surface area contributed by atoms with E-state index in [0.29, 0.717) is 41.5 Å². The lowest BCUT2D eigenvalue weighted by Gasteiger charge is -2.39. The topological polar surface area (TPSA) is 167 Å². The van der Waals surface area contributed by atoms with E-state index in [1.807, 2.05) is 31.2 Å². The maximum absolute atomic E-state index is 13.3. The number of aromatic nitrogens is 2. The van der Waals surface area contributed by atoms with E-state index in [-0.39, 0.29) is 62.6 Å². The Bertz CT molecular complexity index is 2480. The zero-order valence-electron chi connectivity index (χ0n) is 30.9. The van der Waals surface area contributed by atoms with E-state index in [1.165, 1.54) is 0 Å². The van der Waals surface area contributed by atoms with E-state index < -0.39 is 6.04 Å².